The second-order valence-corrected chi connectivity index (χ2v) is 4.15. The summed E-state index contributed by atoms with van der Waals surface area (Å²) in [6.07, 6.45) is -0.187. The molecule has 1 aromatic carbocycles. The van der Waals surface area contributed by atoms with E-state index in [0.29, 0.717) is 13.2 Å². The van der Waals surface area contributed by atoms with E-state index in [1.807, 2.05) is 30.3 Å². The van der Waals surface area contributed by atoms with Gasteiger partial charge in [0, 0.05) is 0 Å². The molecule has 0 aromatic heterocycles. The van der Waals surface area contributed by atoms with Gasteiger partial charge in [-0.25, -0.2) is 0 Å². The van der Waals surface area contributed by atoms with Crippen LogP contribution in [0.1, 0.15) is 25.3 Å². The maximum Gasteiger partial charge on any atom is 0.308 e. The first-order valence-electron chi connectivity index (χ1n) is 6.46. The number of hydrogen-bond donors (Lipinski definition) is 0. The van der Waals surface area contributed by atoms with Gasteiger partial charge in [-0.15, -0.1) is 0 Å². The summed E-state index contributed by atoms with van der Waals surface area (Å²) in [5.41, 5.74) is 0.956. The van der Waals surface area contributed by atoms with Crippen molar-refractivity contribution in [3.8, 4) is 11.8 Å². The van der Waals surface area contributed by atoms with Crippen LogP contribution in [0.15, 0.2) is 24.3 Å². The standard InChI is InChI=1S/C15H19NO4/c1-3-19-15(17)10-14(8-9-16)20-11-12-4-6-13(18-2)7-5-12/h4-7,14H,3,8,10-11H2,1-2H3/t14-/m1/s1. The van der Waals surface area contributed by atoms with E-state index in [9.17, 15) is 4.79 Å². The van der Waals surface area contributed by atoms with Crippen LogP contribution in [0.5, 0.6) is 5.75 Å². The zero-order valence-electron chi connectivity index (χ0n) is 11.8. The van der Waals surface area contributed by atoms with Crippen LogP contribution in [0.2, 0.25) is 0 Å². The molecule has 1 rings (SSSR count). The highest BCUT2D eigenvalue weighted by molar-refractivity contribution is 5.69. The summed E-state index contributed by atoms with van der Waals surface area (Å²) < 4.78 is 15.5. The molecule has 0 aliphatic heterocycles. The Labute approximate surface area is 119 Å². The Kier molecular flexibility index (Phi) is 7.15. The molecule has 20 heavy (non-hydrogen) atoms. The van der Waals surface area contributed by atoms with Gasteiger partial charge in [0.15, 0.2) is 0 Å². The summed E-state index contributed by atoms with van der Waals surface area (Å²) in [6, 6.07) is 9.45. The van der Waals surface area contributed by atoms with Crippen LogP contribution < -0.4 is 4.74 Å². The van der Waals surface area contributed by atoms with E-state index in [2.05, 4.69) is 0 Å². The monoisotopic (exact) mass is 277 g/mol. The summed E-state index contributed by atoms with van der Waals surface area (Å²) in [6.45, 7) is 2.42. The fourth-order valence-corrected chi connectivity index (χ4v) is 1.63. The number of ether oxygens (including phenoxy) is 3. The molecule has 0 saturated carbocycles. The molecule has 0 bridgehead atoms. The molecule has 0 radical (unpaired) electrons. The largest absolute Gasteiger partial charge is 0.497 e. The van der Waals surface area contributed by atoms with Crippen LogP contribution >= 0.6 is 0 Å². The van der Waals surface area contributed by atoms with Crippen molar-refractivity contribution in [3.63, 3.8) is 0 Å². The van der Waals surface area contributed by atoms with Gasteiger partial charge in [-0.05, 0) is 24.6 Å². The van der Waals surface area contributed by atoms with Gasteiger partial charge in [-0.3, -0.25) is 4.79 Å². The summed E-state index contributed by atoms with van der Waals surface area (Å²) >= 11 is 0. The van der Waals surface area contributed by atoms with Gasteiger partial charge in [0.2, 0.25) is 0 Å². The summed E-state index contributed by atoms with van der Waals surface area (Å²) in [5.74, 6) is 0.427. The number of nitrogens with zero attached hydrogens (tertiary/aromatic N) is 1. The number of methoxy groups -OCH3 is 1. The van der Waals surface area contributed by atoms with Crippen molar-refractivity contribution in [1.29, 1.82) is 5.26 Å². The number of carbonyl (C=O) groups is 1. The van der Waals surface area contributed by atoms with Crippen molar-refractivity contribution >= 4 is 5.97 Å². The molecule has 5 heteroatoms. The molecule has 0 fully saturated rings. The average Bonchev–Trinajstić information content (AvgIpc) is 2.46. The first kappa shape index (κ1) is 16.0. The molecule has 0 unspecified atom stereocenters. The van der Waals surface area contributed by atoms with Gasteiger partial charge >= 0.3 is 5.97 Å². The van der Waals surface area contributed by atoms with Crippen molar-refractivity contribution in [2.75, 3.05) is 13.7 Å². The van der Waals surface area contributed by atoms with E-state index in [-0.39, 0.29) is 18.8 Å². The number of benzene rings is 1. The molecule has 0 amide bonds. The number of nitriles is 1. The van der Waals surface area contributed by atoms with E-state index in [0.717, 1.165) is 11.3 Å². The minimum absolute atomic E-state index is 0.0948. The SMILES string of the molecule is CCOC(=O)C[C@@H](CC#N)OCc1ccc(OC)cc1. The van der Waals surface area contributed by atoms with E-state index >= 15 is 0 Å². The van der Waals surface area contributed by atoms with Gasteiger partial charge in [0.1, 0.15) is 5.75 Å². The van der Waals surface area contributed by atoms with Gasteiger partial charge in [0.05, 0.1) is 45.3 Å². The fraction of sp³-hybridized carbons (Fsp3) is 0.467. The predicted octanol–water partition coefficient (Wildman–Crippen LogP) is 2.45. The van der Waals surface area contributed by atoms with Crippen LogP contribution in [-0.2, 0) is 20.9 Å². The van der Waals surface area contributed by atoms with Gasteiger partial charge in [0.25, 0.3) is 0 Å². The minimum Gasteiger partial charge on any atom is -0.497 e. The first-order valence-corrected chi connectivity index (χ1v) is 6.46. The Bertz CT molecular complexity index is 450. The Hall–Kier alpha value is -2.06. The lowest BCUT2D eigenvalue weighted by Crippen LogP contribution is -2.19. The van der Waals surface area contributed by atoms with Crippen molar-refractivity contribution in [2.45, 2.75) is 32.5 Å². The molecule has 1 aromatic rings. The highest BCUT2D eigenvalue weighted by atomic mass is 16.5. The number of esters is 1. The topological polar surface area (TPSA) is 68.6 Å². The lowest BCUT2D eigenvalue weighted by molar-refractivity contribution is -0.146. The summed E-state index contributed by atoms with van der Waals surface area (Å²) in [4.78, 5) is 11.4. The Morgan fingerprint density at radius 1 is 1.35 bits per heavy atom. The van der Waals surface area contributed by atoms with Crippen molar-refractivity contribution in [2.24, 2.45) is 0 Å². The van der Waals surface area contributed by atoms with Gasteiger partial charge in [-0.1, -0.05) is 12.1 Å². The normalized spacial score (nSPS) is 11.4. The van der Waals surface area contributed by atoms with Crippen molar-refractivity contribution in [3.05, 3.63) is 29.8 Å². The van der Waals surface area contributed by atoms with E-state index in [4.69, 9.17) is 19.5 Å². The van der Waals surface area contributed by atoms with Crippen LogP contribution in [0.4, 0.5) is 0 Å². The molecule has 0 N–H and O–H groups in total. The third-order valence-corrected chi connectivity index (χ3v) is 2.66. The third-order valence-electron chi connectivity index (χ3n) is 2.66. The molecular weight excluding hydrogens is 258 g/mol. The lowest BCUT2D eigenvalue weighted by Gasteiger charge is -2.14. The quantitative estimate of drug-likeness (QED) is 0.683. The van der Waals surface area contributed by atoms with Crippen molar-refractivity contribution in [1.82, 2.24) is 0 Å². The number of carbonyl (C=O) groups excluding carboxylic acids is 1. The number of rotatable bonds is 8. The molecular formula is C15H19NO4. The molecule has 0 saturated heterocycles. The van der Waals surface area contributed by atoms with Crippen LogP contribution in [0.25, 0.3) is 0 Å². The molecule has 1 atom stereocenters. The Balaban J connectivity index is 2.48. The molecule has 0 spiro atoms. The van der Waals surface area contributed by atoms with Crippen LogP contribution in [-0.4, -0.2) is 25.8 Å². The lowest BCUT2D eigenvalue weighted by atomic mass is 10.2. The number of hydrogen-bond acceptors (Lipinski definition) is 5. The zero-order valence-corrected chi connectivity index (χ0v) is 11.8. The Morgan fingerprint density at radius 2 is 2.05 bits per heavy atom. The van der Waals surface area contributed by atoms with Gasteiger partial charge < -0.3 is 14.2 Å². The molecule has 0 aliphatic rings. The Morgan fingerprint density at radius 3 is 2.60 bits per heavy atom. The molecule has 108 valence electrons. The fourth-order valence-electron chi connectivity index (χ4n) is 1.63. The highest BCUT2D eigenvalue weighted by Gasteiger charge is 2.15. The van der Waals surface area contributed by atoms with Crippen molar-refractivity contribution < 1.29 is 19.0 Å². The van der Waals surface area contributed by atoms with E-state index in [1.165, 1.54) is 0 Å². The first-order chi connectivity index (χ1) is 9.69. The molecule has 0 heterocycles. The highest BCUT2D eigenvalue weighted by Crippen LogP contribution is 2.14. The minimum atomic E-state index is -0.443. The summed E-state index contributed by atoms with van der Waals surface area (Å²) in [7, 11) is 1.60. The summed E-state index contributed by atoms with van der Waals surface area (Å²) in [5, 5.41) is 8.75. The third kappa shape index (κ3) is 5.72. The second kappa shape index (κ2) is 8.94. The van der Waals surface area contributed by atoms with E-state index in [1.54, 1.807) is 14.0 Å². The zero-order chi connectivity index (χ0) is 14.8. The molecule has 0 aliphatic carbocycles. The van der Waals surface area contributed by atoms with Crippen LogP contribution in [0.3, 0.4) is 0 Å². The van der Waals surface area contributed by atoms with E-state index < -0.39 is 6.10 Å². The molecule has 5 nitrogen and oxygen atoms in total. The van der Waals surface area contributed by atoms with Gasteiger partial charge in [-0.2, -0.15) is 5.26 Å². The predicted molar refractivity (Wildman–Crippen MR) is 73.1 cm³/mol. The maximum absolute atomic E-state index is 11.4. The average molecular weight is 277 g/mol. The van der Waals surface area contributed by atoms with Crippen LogP contribution in [0, 0.1) is 11.3 Å². The second-order valence-electron chi connectivity index (χ2n) is 4.15. The maximum atomic E-state index is 11.4. The smallest absolute Gasteiger partial charge is 0.308 e.